The number of amides is 2. The largest absolute Gasteiger partial charge is 0.366 e. The van der Waals surface area contributed by atoms with Gasteiger partial charge in [0.05, 0.1) is 17.0 Å². The summed E-state index contributed by atoms with van der Waals surface area (Å²) in [4.78, 5) is 23.4. The fourth-order valence-electron chi connectivity index (χ4n) is 2.13. The van der Waals surface area contributed by atoms with E-state index in [1.54, 1.807) is 24.3 Å². The molecular weight excluding hydrogens is 314 g/mol. The topological polar surface area (TPSA) is 103 Å². The van der Waals surface area contributed by atoms with E-state index >= 15 is 0 Å². The maximum absolute atomic E-state index is 12.1. The SMILES string of the molecule is CCc1nnc(SCC(=O)Nc2ccccc2C(N)=O)n1CC. The fourth-order valence-corrected chi connectivity index (χ4v) is 2.95. The maximum Gasteiger partial charge on any atom is 0.250 e. The van der Waals surface area contributed by atoms with Crippen LogP contribution in [-0.2, 0) is 17.8 Å². The smallest absolute Gasteiger partial charge is 0.250 e. The summed E-state index contributed by atoms with van der Waals surface area (Å²) in [5.74, 6) is 0.267. The highest BCUT2D eigenvalue weighted by Crippen LogP contribution is 2.19. The number of benzene rings is 1. The third kappa shape index (κ3) is 4.10. The summed E-state index contributed by atoms with van der Waals surface area (Å²) in [6.07, 6.45) is 0.791. The third-order valence-corrected chi connectivity index (χ3v) is 4.19. The lowest BCUT2D eigenvalue weighted by Crippen LogP contribution is -2.19. The Morgan fingerprint density at radius 3 is 2.65 bits per heavy atom. The molecule has 1 aromatic carbocycles. The Bertz CT molecular complexity index is 714. The molecule has 0 radical (unpaired) electrons. The van der Waals surface area contributed by atoms with Crippen molar-refractivity contribution in [3.63, 3.8) is 0 Å². The molecule has 1 aromatic heterocycles. The predicted molar refractivity (Wildman–Crippen MR) is 89.4 cm³/mol. The summed E-state index contributed by atoms with van der Waals surface area (Å²) in [5, 5.41) is 11.6. The molecule has 0 saturated carbocycles. The van der Waals surface area contributed by atoms with Gasteiger partial charge in [0.15, 0.2) is 5.16 Å². The van der Waals surface area contributed by atoms with E-state index in [2.05, 4.69) is 15.5 Å². The quantitative estimate of drug-likeness (QED) is 0.751. The lowest BCUT2D eigenvalue weighted by Gasteiger charge is -2.09. The Labute approximate surface area is 138 Å². The first kappa shape index (κ1) is 17.0. The van der Waals surface area contributed by atoms with Gasteiger partial charge >= 0.3 is 0 Å². The van der Waals surface area contributed by atoms with Crippen molar-refractivity contribution in [2.45, 2.75) is 32.0 Å². The van der Waals surface area contributed by atoms with E-state index in [1.807, 2.05) is 18.4 Å². The van der Waals surface area contributed by atoms with E-state index in [1.165, 1.54) is 11.8 Å². The second kappa shape index (κ2) is 7.77. The van der Waals surface area contributed by atoms with Crippen LogP contribution in [0.2, 0.25) is 0 Å². The molecule has 3 N–H and O–H groups in total. The number of anilines is 1. The summed E-state index contributed by atoms with van der Waals surface area (Å²) in [5.41, 5.74) is 6.00. The number of nitrogens with one attached hydrogen (secondary N) is 1. The van der Waals surface area contributed by atoms with E-state index in [0.29, 0.717) is 10.8 Å². The highest BCUT2D eigenvalue weighted by atomic mass is 32.2. The Kier molecular flexibility index (Phi) is 5.75. The second-order valence-electron chi connectivity index (χ2n) is 4.74. The first-order valence-corrected chi connectivity index (χ1v) is 8.28. The number of carbonyl (C=O) groups is 2. The molecule has 0 saturated heterocycles. The van der Waals surface area contributed by atoms with Gasteiger partial charge in [0.1, 0.15) is 5.82 Å². The zero-order valence-corrected chi connectivity index (χ0v) is 13.9. The molecule has 0 fully saturated rings. The number of primary amides is 1. The van der Waals surface area contributed by atoms with Gasteiger partial charge in [-0.1, -0.05) is 30.8 Å². The zero-order valence-electron chi connectivity index (χ0n) is 13.1. The van der Waals surface area contributed by atoms with E-state index in [9.17, 15) is 9.59 Å². The van der Waals surface area contributed by atoms with Gasteiger partial charge in [-0.05, 0) is 19.1 Å². The van der Waals surface area contributed by atoms with Crippen LogP contribution in [0.3, 0.4) is 0 Å². The van der Waals surface area contributed by atoms with Crippen molar-refractivity contribution in [2.24, 2.45) is 5.73 Å². The van der Waals surface area contributed by atoms with Gasteiger partial charge in [-0.3, -0.25) is 9.59 Å². The zero-order chi connectivity index (χ0) is 16.8. The lowest BCUT2D eigenvalue weighted by atomic mass is 10.1. The van der Waals surface area contributed by atoms with Crippen LogP contribution in [0.15, 0.2) is 29.4 Å². The molecule has 122 valence electrons. The highest BCUT2D eigenvalue weighted by molar-refractivity contribution is 7.99. The van der Waals surface area contributed by atoms with E-state index in [0.717, 1.165) is 18.8 Å². The monoisotopic (exact) mass is 333 g/mol. The minimum absolute atomic E-state index is 0.176. The second-order valence-corrected chi connectivity index (χ2v) is 5.69. The summed E-state index contributed by atoms with van der Waals surface area (Å²) >= 11 is 1.31. The lowest BCUT2D eigenvalue weighted by molar-refractivity contribution is -0.113. The van der Waals surface area contributed by atoms with Gasteiger partial charge in [-0.25, -0.2) is 0 Å². The summed E-state index contributed by atoms with van der Waals surface area (Å²) in [7, 11) is 0. The molecule has 0 aliphatic heterocycles. The fraction of sp³-hybridized carbons (Fsp3) is 0.333. The minimum atomic E-state index is -0.577. The number of hydrogen-bond donors (Lipinski definition) is 2. The van der Waals surface area contributed by atoms with Crippen LogP contribution in [0.4, 0.5) is 5.69 Å². The molecule has 23 heavy (non-hydrogen) atoms. The molecule has 2 aromatic rings. The molecule has 0 aliphatic rings. The number of nitrogens with two attached hydrogens (primary N) is 1. The van der Waals surface area contributed by atoms with Gasteiger partial charge < -0.3 is 15.6 Å². The standard InChI is InChI=1S/C15H19N5O2S/c1-3-12-18-19-15(20(12)4-2)23-9-13(21)17-11-8-6-5-7-10(11)14(16)22/h5-8H,3-4,9H2,1-2H3,(H2,16,22)(H,17,21). The van der Waals surface area contributed by atoms with Crippen molar-refractivity contribution >= 4 is 29.3 Å². The van der Waals surface area contributed by atoms with E-state index in [-0.39, 0.29) is 17.2 Å². The Hall–Kier alpha value is -2.35. The first-order chi connectivity index (χ1) is 11.1. The van der Waals surface area contributed by atoms with Gasteiger partial charge in [0.2, 0.25) is 5.91 Å². The number of para-hydroxylation sites is 1. The normalized spacial score (nSPS) is 10.5. The van der Waals surface area contributed by atoms with Crippen LogP contribution in [0.5, 0.6) is 0 Å². The summed E-state index contributed by atoms with van der Waals surface area (Å²) in [6, 6.07) is 6.65. The molecule has 7 nitrogen and oxygen atoms in total. The van der Waals surface area contributed by atoms with Crippen molar-refractivity contribution in [3.8, 4) is 0 Å². The van der Waals surface area contributed by atoms with Gasteiger partial charge in [-0.2, -0.15) is 0 Å². The minimum Gasteiger partial charge on any atom is -0.366 e. The number of rotatable bonds is 7. The molecule has 0 atom stereocenters. The third-order valence-electron chi connectivity index (χ3n) is 3.22. The molecule has 8 heteroatoms. The van der Waals surface area contributed by atoms with Crippen LogP contribution < -0.4 is 11.1 Å². The van der Waals surface area contributed by atoms with Crippen LogP contribution in [0.1, 0.15) is 30.0 Å². The molecule has 0 bridgehead atoms. The molecule has 0 spiro atoms. The molecule has 0 aliphatic carbocycles. The molecular formula is C15H19N5O2S. The summed E-state index contributed by atoms with van der Waals surface area (Å²) in [6.45, 7) is 4.78. The number of nitrogens with zero attached hydrogens (tertiary/aromatic N) is 3. The summed E-state index contributed by atoms with van der Waals surface area (Å²) < 4.78 is 1.98. The molecule has 2 amide bonds. The first-order valence-electron chi connectivity index (χ1n) is 7.30. The number of thioether (sulfide) groups is 1. The van der Waals surface area contributed by atoms with Gasteiger partial charge in [-0.15, -0.1) is 10.2 Å². The van der Waals surface area contributed by atoms with Crippen molar-refractivity contribution in [1.82, 2.24) is 14.8 Å². The van der Waals surface area contributed by atoms with Gasteiger partial charge in [0.25, 0.3) is 5.91 Å². The Morgan fingerprint density at radius 1 is 1.26 bits per heavy atom. The van der Waals surface area contributed by atoms with Crippen LogP contribution >= 0.6 is 11.8 Å². The molecule has 2 rings (SSSR count). The van der Waals surface area contributed by atoms with Crippen molar-refractivity contribution in [2.75, 3.05) is 11.1 Å². The van der Waals surface area contributed by atoms with Gasteiger partial charge in [0, 0.05) is 13.0 Å². The molecule has 0 unspecified atom stereocenters. The number of aryl methyl sites for hydroxylation is 1. The molecule has 1 heterocycles. The van der Waals surface area contributed by atoms with E-state index in [4.69, 9.17) is 5.73 Å². The van der Waals surface area contributed by atoms with Crippen LogP contribution in [0.25, 0.3) is 0 Å². The predicted octanol–water partition coefficient (Wildman–Crippen LogP) is 1.69. The number of hydrogen-bond acceptors (Lipinski definition) is 5. The Morgan fingerprint density at radius 2 is 2.00 bits per heavy atom. The number of aromatic nitrogens is 3. The average Bonchev–Trinajstić information content (AvgIpc) is 2.95. The average molecular weight is 333 g/mol. The highest BCUT2D eigenvalue weighted by Gasteiger charge is 2.14. The van der Waals surface area contributed by atoms with Crippen molar-refractivity contribution in [3.05, 3.63) is 35.7 Å². The maximum atomic E-state index is 12.1. The van der Waals surface area contributed by atoms with Crippen molar-refractivity contribution < 1.29 is 9.59 Å². The van der Waals surface area contributed by atoms with E-state index < -0.39 is 5.91 Å². The van der Waals surface area contributed by atoms with Crippen LogP contribution in [0, 0.1) is 0 Å². The Balaban J connectivity index is 2.01. The van der Waals surface area contributed by atoms with Crippen molar-refractivity contribution in [1.29, 1.82) is 0 Å². The number of carbonyl (C=O) groups excluding carboxylic acids is 2. The van der Waals surface area contributed by atoms with Crippen LogP contribution in [-0.4, -0.2) is 32.3 Å².